The number of amides is 1. The van der Waals surface area contributed by atoms with E-state index < -0.39 is 29.9 Å². The van der Waals surface area contributed by atoms with Crippen molar-refractivity contribution in [2.24, 2.45) is 0 Å². The van der Waals surface area contributed by atoms with Crippen LogP contribution in [0.3, 0.4) is 0 Å². The SMILES string of the molecule is Cc1nc2c(c(=O)n1CC(=O)Nc1ccc(Cl)cc1C(F)(F)F)CCN(Cc1ccccc1)C2. The fraction of sp³-hybridized carbons (Fsp3) is 0.292. The van der Waals surface area contributed by atoms with E-state index in [1.807, 2.05) is 30.3 Å². The normalized spacial score (nSPS) is 14.0. The molecular weight excluding hydrogens is 469 g/mol. The highest BCUT2D eigenvalue weighted by Crippen LogP contribution is 2.36. The molecular formula is C24H22ClF3N4O2. The molecule has 0 spiro atoms. The number of carbonyl (C=O) groups excluding carboxylic acids is 1. The van der Waals surface area contributed by atoms with Gasteiger partial charge in [-0.15, -0.1) is 0 Å². The van der Waals surface area contributed by atoms with Gasteiger partial charge in [-0.2, -0.15) is 13.2 Å². The van der Waals surface area contributed by atoms with Gasteiger partial charge in [-0.1, -0.05) is 41.9 Å². The molecule has 1 aliphatic heterocycles. The maximum Gasteiger partial charge on any atom is 0.418 e. The number of aryl methyl sites for hydroxylation is 1. The van der Waals surface area contributed by atoms with E-state index in [2.05, 4.69) is 15.2 Å². The van der Waals surface area contributed by atoms with Gasteiger partial charge >= 0.3 is 6.18 Å². The van der Waals surface area contributed by atoms with Gasteiger partial charge in [-0.05, 0) is 37.1 Å². The molecule has 0 unspecified atom stereocenters. The summed E-state index contributed by atoms with van der Waals surface area (Å²) in [5.41, 5.74) is 0.537. The summed E-state index contributed by atoms with van der Waals surface area (Å²) in [6.07, 6.45) is -4.22. The van der Waals surface area contributed by atoms with E-state index in [9.17, 15) is 22.8 Å². The summed E-state index contributed by atoms with van der Waals surface area (Å²) in [5.74, 6) is -0.436. The van der Waals surface area contributed by atoms with Crippen LogP contribution in [0.4, 0.5) is 18.9 Å². The van der Waals surface area contributed by atoms with Gasteiger partial charge in [0, 0.05) is 30.2 Å². The van der Waals surface area contributed by atoms with Gasteiger partial charge in [0.1, 0.15) is 12.4 Å². The predicted molar refractivity (Wildman–Crippen MR) is 123 cm³/mol. The van der Waals surface area contributed by atoms with Crippen molar-refractivity contribution in [2.45, 2.75) is 39.2 Å². The fourth-order valence-electron chi connectivity index (χ4n) is 4.06. The Balaban J connectivity index is 1.51. The molecule has 1 aliphatic rings. The highest BCUT2D eigenvalue weighted by atomic mass is 35.5. The van der Waals surface area contributed by atoms with Crippen molar-refractivity contribution in [2.75, 3.05) is 11.9 Å². The van der Waals surface area contributed by atoms with Crippen LogP contribution < -0.4 is 10.9 Å². The molecule has 1 amide bonds. The third kappa shape index (κ3) is 5.31. The monoisotopic (exact) mass is 490 g/mol. The molecule has 1 N–H and O–H groups in total. The molecule has 0 aliphatic carbocycles. The Morgan fingerprint density at radius 3 is 2.62 bits per heavy atom. The zero-order chi connectivity index (χ0) is 24.5. The van der Waals surface area contributed by atoms with E-state index in [0.29, 0.717) is 36.6 Å². The minimum atomic E-state index is -4.70. The first-order valence-electron chi connectivity index (χ1n) is 10.6. The quantitative estimate of drug-likeness (QED) is 0.575. The van der Waals surface area contributed by atoms with Crippen LogP contribution >= 0.6 is 11.6 Å². The van der Waals surface area contributed by atoms with Gasteiger partial charge in [-0.3, -0.25) is 19.1 Å². The number of anilines is 1. The molecule has 0 saturated heterocycles. The second-order valence-electron chi connectivity index (χ2n) is 8.16. The minimum Gasteiger partial charge on any atom is -0.324 e. The first kappa shape index (κ1) is 24.0. The van der Waals surface area contributed by atoms with Crippen LogP contribution in [0, 0.1) is 6.92 Å². The van der Waals surface area contributed by atoms with E-state index in [0.717, 1.165) is 24.2 Å². The van der Waals surface area contributed by atoms with Crippen molar-refractivity contribution in [1.82, 2.24) is 14.5 Å². The lowest BCUT2D eigenvalue weighted by atomic mass is 10.1. The molecule has 0 atom stereocenters. The van der Waals surface area contributed by atoms with Crippen molar-refractivity contribution in [1.29, 1.82) is 0 Å². The largest absolute Gasteiger partial charge is 0.418 e. The van der Waals surface area contributed by atoms with Gasteiger partial charge in [-0.25, -0.2) is 4.98 Å². The topological polar surface area (TPSA) is 67.2 Å². The third-order valence-electron chi connectivity index (χ3n) is 5.70. The number of rotatable bonds is 5. The smallest absolute Gasteiger partial charge is 0.324 e. The van der Waals surface area contributed by atoms with E-state index in [4.69, 9.17) is 11.6 Å². The number of aromatic nitrogens is 2. The molecule has 0 bridgehead atoms. The third-order valence-corrected chi connectivity index (χ3v) is 5.94. The molecule has 0 fully saturated rings. The first-order valence-corrected chi connectivity index (χ1v) is 11.0. The molecule has 178 valence electrons. The summed E-state index contributed by atoms with van der Waals surface area (Å²) in [4.78, 5) is 32.4. The fourth-order valence-corrected chi connectivity index (χ4v) is 4.23. The second kappa shape index (κ2) is 9.60. The molecule has 34 heavy (non-hydrogen) atoms. The molecule has 6 nitrogen and oxygen atoms in total. The highest BCUT2D eigenvalue weighted by Gasteiger charge is 2.34. The lowest BCUT2D eigenvalue weighted by Crippen LogP contribution is -2.39. The zero-order valence-corrected chi connectivity index (χ0v) is 19.1. The van der Waals surface area contributed by atoms with Crippen LogP contribution in [0.1, 0.15) is 28.2 Å². The van der Waals surface area contributed by atoms with Crippen molar-refractivity contribution in [3.05, 3.63) is 92.1 Å². The summed E-state index contributed by atoms with van der Waals surface area (Å²) < 4.78 is 41.1. The number of carbonyl (C=O) groups is 1. The van der Waals surface area contributed by atoms with Crippen LogP contribution in [0.5, 0.6) is 0 Å². The number of hydrogen-bond acceptors (Lipinski definition) is 4. The molecule has 0 radical (unpaired) electrons. The number of nitrogens with zero attached hydrogens (tertiary/aromatic N) is 3. The molecule has 10 heteroatoms. The zero-order valence-electron chi connectivity index (χ0n) is 18.3. The maximum atomic E-state index is 13.3. The lowest BCUT2D eigenvalue weighted by Gasteiger charge is -2.28. The molecule has 3 aromatic rings. The maximum absolute atomic E-state index is 13.3. The lowest BCUT2D eigenvalue weighted by molar-refractivity contribution is -0.137. The molecule has 4 rings (SSSR count). The highest BCUT2D eigenvalue weighted by molar-refractivity contribution is 6.30. The average molecular weight is 491 g/mol. The Kier molecular flexibility index (Phi) is 6.77. The van der Waals surface area contributed by atoms with E-state index >= 15 is 0 Å². The number of benzene rings is 2. The van der Waals surface area contributed by atoms with Crippen molar-refractivity contribution >= 4 is 23.2 Å². The van der Waals surface area contributed by atoms with Gasteiger partial charge < -0.3 is 5.32 Å². The Morgan fingerprint density at radius 2 is 1.91 bits per heavy atom. The Morgan fingerprint density at radius 1 is 1.18 bits per heavy atom. The van der Waals surface area contributed by atoms with Gasteiger partial charge in [0.15, 0.2) is 0 Å². The van der Waals surface area contributed by atoms with Crippen molar-refractivity contribution in [3.8, 4) is 0 Å². The van der Waals surface area contributed by atoms with Crippen LogP contribution in [-0.4, -0.2) is 26.9 Å². The average Bonchev–Trinajstić information content (AvgIpc) is 2.78. The summed E-state index contributed by atoms with van der Waals surface area (Å²) in [6.45, 7) is 3.06. The van der Waals surface area contributed by atoms with Crippen LogP contribution in [-0.2, 0) is 37.0 Å². The number of fused-ring (bicyclic) bond motifs is 1. The van der Waals surface area contributed by atoms with Crippen LogP contribution in [0.15, 0.2) is 53.3 Å². The summed E-state index contributed by atoms with van der Waals surface area (Å²) in [6, 6.07) is 13.1. The minimum absolute atomic E-state index is 0.0995. The number of halogens is 4. The first-order chi connectivity index (χ1) is 16.1. The Hall–Kier alpha value is -3.17. The number of alkyl halides is 3. The predicted octanol–water partition coefficient (Wildman–Crippen LogP) is 4.42. The van der Waals surface area contributed by atoms with E-state index in [1.54, 1.807) is 6.92 Å². The summed E-state index contributed by atoms with van der Waals surface area (Å²) in [5, 5.41) is 2.15. The number of hydrogen-bond donors (Lipinski definition) is 1. The van der Waals surface area contributed by atoms with Crippen LogP contribution in [0.2, 0.25) is 5.02 Å². The summed E-state index contributed by atoms with van der Waals surface area (Å²) in [7, 11) is 0. The van der Waals surface area contributed by atoms with Gasteiger partial charge in [0.25, 0.3) is 5.56 Å². The van der Waals surface area contributed by atoms with Crippen molar-refractivity contribution < 1.29 is 18.0 Å². The second-order valence-corrected chi connectivity index (χ2v) is 8.59. The molecule has 1 aromatic heterocycles. The Bertz CT molecular complexity index is 1280. The molecule has 2 aromatic carbocycles. The Labute approximate surface area is 199 Å². The van der Waals surface area contributed by atoms with E-state index in [-0.39, 0.29) is 10.6 Å². The molecule has 0 saturated carbocycles. The van der Waals surface area contributed by atoms with E-state index in [1.165, 1.54) is 10.6 Å². The number of nitrogens with one attached hydrogen (secondary N) is 1. The summed E-state index contributed by atoms with van der Waals surface area (Å²) >= 11 is 5.68. The van der Waals surface area contributed by atoms with Crippen LogP contribution in [0.25, 0.3) is 0 Å². The van der Waals surface area contributed by atoms with Crippen molar-refractivity contribution in [3.63, 3.8) is 0 Å². The van der Waals surface area contributed by atoms with Gasteiger partial charge in [0.2, 0.25) is 5.91 Å². The standard InChI is InChI=1S/C24H22ClF3N4O2/c1-15-29-21-13-31(12-16-5-3-2-4-6-16)10-9-18(21)23(34)32(15)14-22(33)30-20-8-7-17(25)11-19(20)24(26,27)28/h2-8,11H,9-10,12-14H2,1H3,(H,30,33). The van der Waals surface area contributed by atoms with Gasteiger partial charge in [0.05, 0.1) is 16.9 Å². The molecule has 2 heterocycles.